The predicted octanol–water partition coefficient (Wildman–Crippen LogP) is 4.39. The largest absolute Gasteiger partial charge is 0.497 e. The van der Waals surface area contributed by atoms with Crippen LogP contribution in [-0.2, 0) is 13.0 Å². The average Bonchev–Trinajstić information content (AvgIpc) is 2.86. The van der Waals surface area contributed by atoms with E-state index in [0.717, 1.165) is 22.4 Å². The van der Waals surface area contributed by atoms with Crippen molar-refractivity contribution in [2.75, 3.05) is 7.11 Å². The van der Waals surface area contributed by atoms with E-state index in [1.165, 1.54) is 4.68 Å². The van der Waals surface area contributed by atoms with Crippen LogP contribution in [-0.4, -0.2) is 27.8 Å². The number of aromatic nitrogens is 2. The first-order chi connectivity index (χ1) is 15.7. The van der Waals surface area contributed by atoms with Gasteiger partial charge in [0.05, 0.1) is 19.3 Å². The van der Waals surface area contributed by atoms with Crippen molar-refractivity contribution in [3.63, 3.8) is 0 Å². The molecular weight excluding hydrogens is 402 g/mol. The minimum absolute atomic E-state index is 0.0512. The highest BCUT2D eigenvalue weighted by Crippen LogP contribution is 2.19. The second kappa shape index (κ2) is 9.75. The summed E-state index contributed by atoms with van der Waals surface area (Å²) in [5.74, 6) is 0.762. The lowest BCUT2D eigenvalue weighted by Gasteiger charge is -2.12. The zero-order valence-corrected chi connectivity index (χ0v) is 17.7. The fourth-order valence-corrected chi connectivity index (χ4v) is 3.50. The molecule has 0 amide bonds. The number of methoxy groups -OCH3 is 1. The van der Waals surface area contributed by atoms with E-state index in [1.807, 2.05) is 91.0 Å². The Kier molecular flexibility index (Phi) is 6.41. The molecule has 0 fully saturated rings. The van der Waals surface area contributed by atoms with Crippen LogP contribution >= 0.6 is 0 Å². The van der Waals surface area contributed by atoms with Crippen LogP contribution in [0.3, 0.4) is 0 Å². The smallest absolute Gasteiger partial charge is 0.270 e. The predicted molar refractivity (Wildman–Crippen MR) is 124 cm³/mol. The molecule has 1 aromatic heterocycles. The van der Waals surface area contributed by atoms with Gasteiger partial charge in [0.25, 0.3) is 5.56 Å². The third-order valence-electron chi connectivity index (χ3n) is 5.20. The molecule has 0 unspecified atom stereocenters. The van der Waals surface area contributed by atoms with Crippen molar-refractivity contribution in [1.82, 2.24) is 9.78 Å². The van der Waals surface area contributed by atoms with E-state index in [4.69, 9.17) is 4.74 Å². The quantitative estimate of drug-likeness (QED) is 0.271. The first-order valence-corrected chi connectivity index (χ1v) is 10.2. The molecule has 6 nitrogen and oxygen atoms in total. The monoisotopic (exact) mass is 425 g/mol. The maximum Gasteiger partial charge on any atom is 0.270 e. The van der Waals surface area contributed by atoms with Crippen LogP contribution in [0.1, 0.15) is 16.7 Å². The Morgan fingerprint density at radius 2 is 1.62 bits per heavy atom. The Hall–Kier alpha value is -4.19. The van der Waals surface area contributed by atoms with Gasteiger partial charge >= 0.3 is 0 Å². The van der Waals surface area contributed by atoms with Crippen LogP contribution in [0.2, 0.25) is 0 Å². The van der Waals surface area contributed by atoms with Gasteiger partial charge in [0.1, 0.15) is 11.5 Å². The van der Waals surface area contributed by atoms with Crippen molar-refractivity contribution in [3.8, 4) is 17.0 Å². The maximum atomic E-state index is 13.3. The second-order valence-electron chi connectivity index (χ2n) is 7.32. The number of nitrogens with zero attached hydrogens (tertiary/aromatic N) is 3. The summed E-state index contributed by atoms with van der Waals surface area (Å²) < 4.78 is 6.59. The van der Waals surface area contributed by atoms with Gasteiger partial charge in [0, 0.05) is 23.1 Å². The number of benzene rings is 3. The molecule has 160 valence electrons. The van der Waals surface area contributed by atoms with Gasteiger partial charge in [-0.15, -0.1) is 0 Å². The average molecular weight is 425 g/mol. The topological polar surface area (TPSA) is 76.7 Å². The second-order valence-corrected chi connectivity index (χ2v) is 7.32. The minimum Gasteiger partial charge on any atom is -0.497 e. The maximum absolute atomic E-state index is 13.3. The van der Waals surface area contributed by atoms with Crippen molar-refractivity contribution < 1.29 is 9.94 Å². The first-order valence-electron chi connectivity index (χ1n) is 10.2. The number of hydrogen-bond acceptors (Lipinski definition) is 5. The van der Waals surface area contributed by atoms with E-state index in [-0.39, 0.29) is 12.1 Å². The fourth-order valence-electron chi connectivity index (χ4n) is 3.50. The molecule has 0 aliphatic heterocycles. The molecule has 6 heteroatoms. The summed E-state index contributed by atoms with van der Waals surface area (Å²) in [4.78, 5) is 13.3. The SMILES string of the molecule is COc1ccc(Cc2cc(-c3ccccc3)nn(C/C(=N\O)c3ccccc3)c2=O)cc1. The lowest BCUT2D eigenvalue weighted by atomic mass is 10.0. The number of hydrogen-bond donors (Lipinski definition) is 1. The normalized spacial score (nSPS) is 11.3. The van der Waals surface area contributed by atoms with Gasteiger partial charge in [-0.3, -0.25) is 4.79 Å². The summed E-state index contributed by atoms with van der Waals surface area (Å²) in [5, 5.41) is 17.6. The number of ether oxygens (including phenoxy) is 1. The molecule has 1 heterocycles. The summed E-state index contributed by atoms with van der Waals surface area (Å²) in [6.07, 6.45) is 0.447. The van der Waals surface area contributed by atoms with Gasteiger partial charge in [-0.25, -0.2) is 4.68 Å². The Morgan fingerprint density at radius 1 is 0.969 bits per heavy atom. The van der Waals surface area contributed by atoms with Gasteiger partial charge in [-0.2, -0.15) is 5.10 Å². The lowest BCUT2D eigenvalue weighted by Crippen LogP contribution is -2.30. The van der Waals surface area contributed by atoms with Crippen LogP contribution in [0.4, 0.5) is 0 Å². The van der Waals surface area contributed by atoms with Crippen molar-refractivity contribution >= 4 is 5.71 Å². The fraction of sp³-hybridized carbons (Fsp3) is 0.115. The van der Waals surface area contributed by atoms with Crippen molar-refractivity contribution in [2.24, 2.45) is 5.16 Å². The van der Waals surface area contributed by atoms with E-state index < -0.39 is 0 Å². The molecule has 0 atom stereocenters. The highest BCUT2D eigenvalue weighted by molar-refractivity contribution is 5.99. The third-order valence-corrected chi connectivity index (χ3v) is 5.20. The zero-order valence-electron chi connectivity index (χ0n) is 17.7. The molecular formula is C26H23N3O3. The van der Waals surface area contributed by atoms with Crippen molar-refractivity contribution in [3.05, 3.63) is 118 Å². The van der Waals surface area contributed by atoms with Crippen molar-refractivity contribution in [1.29, 1.82) is 0 Å². The van der Waals surface area contributed by atoms with E-state index in [9.17, 15) is 10.0 Å². The Labute approximate surface area is 186 Å². The highest BCUT2D eigenvalue weighted by atomic mass is 16.5. The summed E-state index contributed by atoms with van der Waals surface area (Å²) in [6.45, 7) is 0.0512. The highest BCUT2D eigenvalue weighted by Gasteiger charge is 2.14. The van der Waals surface area contributed by atoms with Gasteiger partial charge in [-0.05, 0) is 23.8 Å². The Bertz CT molecular complexity index is 1270. The molecule has 4 rings (SSSR count). The molecule has 0 aliphatic carbocycles. The van der Waals surface area contributed by atoms with Gasteiger partial charge in [0.15, 0.2) is 0 Å². The summed E-state index contributed by atoms with van der Waals surface area (Å²) >= 11 is 0. The molecule has 0 aliphatic rings. The van der Waals surface area contributed by atoms with Crippen LogP contribution in [0.5, 0.6) is 5.75 Å². The lowest BCUT2D eigenvalue weighted by molar-refractivity contribution is 0.317. The van der Waals surface area contributed by atoms with Crippen LogP contribution < -0.4 is 10.3 Å². The molecule has 4 aromatic rings. The Morgan fingerprint density at radius 3 is 2.25 bits per heavy atom. The van der Waals surface area contributed by atoms with Crippen LogP contribution in [0, 0.1) is 0 Å². The van der Waals surface area contributed by atoms with E-state index >= 15 is 0 Å². The van der Waals surface area contributed by atoms with E-state index in [1.54, 1.807) is 7.11 Å². The molecule has 0 bridgehead atoms. The summed E-state index contributed by atoms with van der Waals surface area (Å²) in [7, 11) is 1.62. The molecule has 1 N–H and O–H groups in total. The van der Waals surface area contributed by atoms with Crippen LogP contribution in [0.25, 0.3) is 11.3 Å². The molecule has 0 spiro atoms. The van der Waals surface area contributed by atoms with Crippen LogP contribution in [0.15, 0.2) is 101 Å². The molecule has 0 radical (unpaired) electrons. The first kappa shape index (κ1) is 21.1. The van der Waals surface area contributed by atoms with Gasteiger partial charge in [-0.1, -0.05) is 78.0 Å². The van der Waals surface area contributed by atoms with E-state index in [2.05, 4.69) is 10.3 Å². The minimum atomic E-state index is -0.224. The van der Waals surface area contributed by atoms with Gasteiger partial charge < -0.3 is 9.94 Å². The summed E-state index contributed by atoms with van der Waals surface area (Å²) in [5.41, 5.74) is 4.04. The van der Waals surface area contributed by atoms with Gasteiger partial charge in [0.2, 0.25) is 0 Å². The van der Waals surface area contributed by atoms with Crippen molar-refractivity contribution in [2.45, 2.75) is 13.0 Å². The molecule has 32 heavy (non-hydrogen) atoms. The molecule has 3 aromatic carbocycles. The standard InChI is InChI=1S/C26H23N3O3/c1-32-23-14-12-19(13-15-23)16-22-17-24(20-8-4-2-5-9-20)27-29(26(22)30)18-25(28-31)21-10-6-3-7-11-21/h2-15,17,31H,16,18H2,1H3/b28-25+. The number of rotatable bonds is 7. The third kappa shape index (κ3) is 4.75. The Balaban J connectivity index is 1.76. The van der Waals surface area contributed by atoms with E-state index in [0.29, 0.717) is 23.4 Å². The molecule has 0 saturated heterocycles. The molecule has 0 saturated carbocycles. The summed E-state index contributed by atoms with van der Waals surface area (Å²) in [6, 6.07) is 28.4. The number of oxime groups is 1. The zero-order chi connectivity index (χ0) is 22.3.